The summed E-state index contributed by atoms with van der Waals surface area (Å²) in [7, 11) is 0. The molecule has 1 N–H and O–H groups in total. The predicted molar refractivity (Wildman–Crippen MR) is 83.5 cm³/mol. The van der Waals surface area contributed by atoms with Crippen molar-refractivity contribution >= 4 is 29.2 Å². The van der Waals surface area contributed by atoms with E-state index in [1.165, 1.54) is 0 Å². The number of anilines is 1. The minimum absolute atomic E-state index is 0.0102. The van der Waals surface area contributed by atoms with Crippen molar-refractivity contribution in [1.29, 1.82) is 0 Å². The molecule has 3 rings (SSSR count). The first-order chi connectivity index (χ1) is 10.6. The minimum Gasteiger partial charge on any atom is -0.377 e. The van der Waals surface area contributed by atoms with E-state index in [1.807, 2.05) is 6.92 Å². The third-order valence-electron chi connectivity index (χ3n) is 3.98. The van der Waals surface area contributed by atoms with Crippen molar-refractivity contribution in [3.05, 3.63) is 28.8 Å². The summed E-state index contributed by atoms with van der Waals surface area (Å²) in [5, 5.41) is 3.14. The van der Waals surface area contributed by atoms with Crippen LogP contribution >= 0.6 is 11.6 Å². The van der Waals surface area contributed by atoms with Crippen LogP contribution in [0.15, 0.2) is 18.2 Å². The molecule has 2 fully saturated rings. The molecule has 2 aliphatic heterocycles. The number of halogens is 1. The maximum Gasteiger partial charge on any atom is 0.321 e. The number of rotatable bonds is 2. The van der Waals surface area contributed by atoms with Crippen molar-refractivity contribution in [1.82, 2.24) is 10.2 Å². The Morgan fingerprint density at radius 3 is 2.91 bits per heavy atom. The standard InChI is InChI=1S/C15H18ClN3O3/c1-10-9-22-7-6-18(10)14(20)12-8-11(2-3-13(12)16)19-5-4-17-15(19)21/h2-3,8,10H,4-7,9H2,1H3,(H,17,21). The maximum absolute atomic E-state index is 12.7. The summed E-state index contributed by atoms with van der Waals surface area (Å²) in [6.45, 7) is 4.74. The molecule has 0 aromatic heterocycles. The lowest BCUT2D eigenvalue weighted by molar-refractivity contribution is 0.00360. The minimum atomic E-state index is -0.152. The molecule has 7 heteroatoms. The highest BCUT2D eigenvalue weighted by Gasteiger charge is 2.28. The van der Waals surface area contributed by atoms with Crippen LogP contribution in [0.25, 0.3) is 0 Å². The number of carbonyl (C=O) groups is 2. The topological polar surface area (TPSA) is 61.9 Å². The molecule has 0 spiro atoms. The van der Waals surface area contributed by atoms with E-state index < -0.39 is 0 Å². The molecule has 1 atom stereocenters. The van der Waals surface area contributed by atoms with Crippen molar-refractivity contribution < 1.29 is 14.3 Å². The average Bonchev–Trinajstić information content (AvgIpc) is 2.94. The number of nitrogens with zero attached hydrogens (tertiary/aromatic N) is 2. The third-order valence-corrected chi connectivity index (χ3v) is 4.31. The van der Waals surface area contributed by atoms with E-state index in [9.17, 15) is 9.59 Å². The number of urea groups is 1. The Morgan fingerprint density at radius 1 is 1.41 bits per heavy atom. The van der Waals surface area contributed by atoms with Crippen LogP contribution in [0, 0.1) is 0 Å². The number of hydrogen-bond acceptors (Lipinski definition) is 3. The fourth-order valence-electron chi connectivity index (χ4n) is 2.75. The first-order valence-corrected chi connectivity index (χ1v) is 7.69. The fraction of sp³-hybridized carbons (Fsp3) is 0.467. The van der Waals surface area contributed by atoms with Gasteiger partial charge in [-0.1, -0.05) is 11.6 Å². The molecule has 0 aliphatic carbocycles. The zero-order valence-corrected chi connectivity index (χ0v) is 13.1. The molecule has 2 aliphatic rings. The van der Waals surface area contributed by atoms with E-state index in [4.69, 9.17) is 16.3 Å². The first kappa shape index (κ1) is 15.1. The Hall–Kier alpha value is -1.79. The van der Waals surface area contributed by atoms with E-state index in [0.717, 1.165) is 0 Å². The van der Waals surface area contributed by atoms with Gasteiger partial charge in [-0.25, -0.2) is 4.79 Å². The molecule has 22 heavy (non-hydrogen) atoms. The third kappa shape index (κ3) is 2.76. The van der Waals surface area contributed by atoms with Crippen molar-refractivity contribution in [2.45, 2.75) is 13.0 Å². The summed E-state index contributed by atoms with van der Waals surface area (Å²) in [6, 6.07) is 4.97. The molecule has 3 amide bonds. The van der Waals surface area contributed by atoms with E-state index >= 15 is 0 Å². The van der Waals surface area contributed by atoms with Crippen LogP contribution in [-0.4, -0.2) is 55.7 Å². The Balaban J connectivity index is 1.89. The van der Waals surface area contributed by atoms with Gasteiger partial charge in [0.1, 0.15) is 0 Å². The van der Waals surface area contributed by atoms with E-state index in [2.05, 4.69) is 5.32 Å². The quantitative estimate of drug-likeness (QED) is 0.901. The van der Waals surface area contributed by atoms with Gasteiger partial charge in [-0.05, 0) is 25.1 Å². The summed E-state index contributed by atoms with van der Waals surface area (Å²) >= 11 is 6.20. The molecular formula is C15H18ClN3O3. The van der Waals surface area contributed by atoms with Crippen LogP contribution in [0.1, 0.15) is 17.3 Å². The van der Waals surface area contributed by atoms with Gasteiger partial charge in [-0.15, -0.1) is 0 Å². The van der Waals surface area contributed by atoms with Gasteiger partial charge < -0.3 is 15.0 Å². The number of benzene rings is 1. The van der Waals surface area contributed by atoms with Crippen molar-refractivity contribution in [2.75, 3.05) is 37.7 Å². The van der Waals surface area contributed by atoms with Crippen LogP contribution in [0.3, 0.4) is 0 Å². The van der Waals surface area contributed by atoms with Gasteiger partial charge in [-0.2, -0.15) is 0 Å². The monoisotopic (exact) mass is 323 g/mol. The molecule has 1 unspecified atom stereocenters. The van der Waals surface area contributed by atoms with Gasteiger partial charge in [0, 0.05) is 25.3 Å². The molecule has 6 nitrogen and oxygen atoms in total. The summed E-state index contributed by atoms with van der Waals surface area (Å²) in [5.41, 5.74) is 1.11. The lowest BCUT2D eigenvalue weighted by Gasteiger charge is -2.33. The van der Waals surface area contributed by atoms with E-state index in [1.54, 1.807) is 28.0 Å². The van der Waals surface area contributed by atoms with Gasteiger partial charge in [0.15, 0.2) is 0 Å². The zero-order chi connectivity index (χ0) is 15.7. The number of ether oxygens (including phenoxy) is 1. The van der Waals surface area contributed by atoms with Crippen LogP contribution in [0.2, 0.25) is 5.02 Å². The smallest absolute Gasteiger partial charge is 0.321 e. The summed E-state index contributed by atoms with van der Waals surface area (Å²) < 4.78 is 5.36. The molecular weight excluding hydrogens is 306 g/mol. The molecule has 0 bridgehead atoms. The number of amides is 3. The Kier molecular flexibility index (Phi) is 4.22. The molecule has 2 heterocycles. The number of hydrogen-bond donors (Lipinski definition) is 1. The fourth-order valence-corrected chi connectivity index (χ4v) is 2.94. The summed E-state index contributed by atoms with van der Waals surface area (Å²) in [4.78, 5) is 27.9. The second kappa shape index (κ2) is 6.14. The molecule has 1 aromatic rings. The number of carbonyl (C=O) groups excluding carboxylic acids is 2. The van der Waals surface area contributed by atoms with Crippen LogP contribution in [0.4, 0.5) is 10.5 Å². The second-order valence-electron chi connectivity index (χ2n) is 5.47. The molecule has 118 valence electrons. The highest BCUT2D eigenvalue weighted by atomic mass is 35.5. The zero-order valence-electron chi connectivity index (χ0n) is 12.3. The largest absolute Gasteiger partial charge is 0.377 e. The van der Waals surface area contributed by atoms with Gasteiger partial charge in [-0.3, -0.25) is 9.69 Å². The van der Waals surface area contributed by atoms with Crippen molar-refractivity contribution in [2.24, 2.45) is 0 Å². The van der Waals surface area contributed by atoms with Gasteiger partial charge in [0.25, 0.3) is 5.91 Å². The highest BCUT2D eigenvalue weighted by molar-refractivity contribution is 6.34. The van der Waals surface area contributed by atoms with Gasteiger partial charge in [0.05, 0.1) is 29.8 Å². The SMILES string of the molecule is CC1COCCN1C(=O)c1cc(N2CCNC2=O)ccc1Cl. The Labute approximate surface area is 134 Å². The van der Waals surface area contributed by atoms with Crippen LogP contribution in [0.5, 0.6) is 0 Å². The number of nitrogens with one attached hydrogen (secondary N) is 1. The maximum atomic E-state index is 12.7. The lowest BCUT2D eigenvalue weighted by Crippen LogP contribution is -2.47. The highest BCUT2D eigenvalue weighted by Crippen LogP contribution is 2.26. The van der Waals surface area contributed by atoms with Gasteiger partial charge in [0.2, 0.25) is 0 Å². The number of morpholine rings is 1. The van der Waals surface area contributed by atoms with Crippen molar-refractivity contribution in [3.8, 4) is 0 Å². The van der Waals surface area contributed by atoms with Gasteiger partial charge >= 0.3 is 6.03 Å². The summed E-state index contributed by atoms with van der Waals surface area (Å²) in [5.74, 6) is -0.123. The molecule has 0 radical (unpaired) electrons. The van der Waals surface area contributed by atoms with Crippen LogP contribution in [-0.2, 0) is 4.74 Å². The first-order valence-electron chi connectivity index (χ1n) is 7.31. The Bertz CT molecular complexity index is 608. The normalized spacial score (nSPS) is 21.9. The van der Waals surface area contributed by atoms with E-state index in [0.29, 0.717) is 49.1 Å². The summed E-state index contributed by atoms with van der Waals surface area (Å²) in [6.07, 6.45) is 0. The van der Waals surface area contributed by atoms with Crippen LogP contribution < -0.4 is 10.2 Å². The molecule has 0 saturated carbocycles. The van der Waals surface area contributed by atoms with Crippen molar-refractivity contribution in [3.63, 3.8) is 0 Å². The molecule has 2 saturated heterocycles. The Morgan fingerprint density at radius 2 is 2.23 bits per heavy atom. The lowest BCUT2D eigenvalue weighted by atomic mass is 10.1. The average molecular weight is 324 g/mol. The second-order valence-corrected chi connectivity index (χ2v) is 5.88. The molecule has 1 aromatic carbocycles. The predicted octanol–water partition coefficient (Wildman–Crippen LogP) is 1.73. The van der Waals surface area contributed by atoms with E-state index in [-0.39, 0.29) is 18.0 Å².